The monoisotopic (exact) mass is 426 g/mol. The van der Waals surface area contributed by atoms with Gasteiger partial charge in [0.25, 0.3) is 11.5 Å². The van der Waals surface area contributed by atoms with Crippen molar-refractivity contribution in [2.45, 2.75) is 20.3 Å². The molecular weight excluding hydrogens is 404 g/mol. The van der Waals surface area contributed by atoms with Crippen molar-refractivity contribution in [1.82, 2.24) is 15.1 Å². The molecule has 1 aromatic heterocycles. The minimum atomic E-state index is -0.344. The molecule has 0 saturated carbocycles. The summed E-state index contributed by atoms with van der Waals surface area (Å²) >= 11 is 6.07. The molecule has 2 aromatic carbocycles. The molecule has 0 aliphatic heterocycles. The van der Waals surface area contributed by atoms with Crippen molar-refractivity contribution in [2.75, 3.05) is 11.9 Å². The first kappa shape index (κ1) is 21.4. The topological polar surface area (TPSA) is 85.2 Å². The molecule has 2 N–H and O–H groups in total. The molecule has 1 heterocycles. The maximum Gasteiger partial charge on any atom is 0.294 e. The zero-order chi connectivity index (χ0) is 21.7. The molecule has 0 aliphatic rings. The summed E-state index contributed by atoms with van der Waals surface area (Å²) in [5.74, 6) is 0.688. The Morgan fingerprint density at radius 3 is 2.60 bits per heavy atom. The van der Waals surface area contributed by atoms with Crippen molar-refractivity contribution in [3.8, 4) is 11.5 Å². The van der Waals surface area contributed by atoms with E-state index >= 15 is 0 Å². The molecule has 1 amide bonds. The van der Waals surface area contributed by atoms with Gasteiger partial charge >= 0.3 is 0 Å². The van der Waals surface area contributed by atoms with E-state index in [0.29, 0.717) is 28.6 Å². The molecule has 0 saturated heterocycles. The molecule has 0 unspecified atom stereocenters. The molecule has 0 fully saturated rings. The van der Waals surface area contributed by atoms with E-state index in [9.17, 15) is 9.59 Å². The van der Waals surface area contributed by atoms with E-state index in [2.05, 4.69) is 15.7 Å². The lowest BCUT2D eigenvalue weighted by Gasteiger charge is -2.14. The largest absolute Gasteiger partial charge is 0.453 e. The smallest absolute Gasteiger partial charge is 0.294 e. The number of rotatable bonds is 7. The van der Waals surface area contributed by atoms with Gasteiger partial charge in [-0.05, 0) is 61.4 Å². The van der Waals surface area contributed by atoms with Crippen LogP contribution >= 0.6 is 11.6 Å². The number of anilines is 2. The Labute approximate surface area is 179 Å². The average Bonchev–Trinajstić information content (AvgIpc) is 2.74. The molecule has 30 heavy (non-hydrogen) atoms. The zero-order valence-electron chi connectivity index (χ0n) is 17.0. The lowest BCUT2D eigenvalue weighted by Crippen LogP contribution is -2.24. The van der Waals surface area contributed by atoms with Crippen LogP contribution in [-0.2, 0) is 7.05 Å². The molecule has 3 aromatic rings. The van der Waals surface area contributed by atoms with Gasteiger partial charge in [-0.1, -0.05) is 18.5 Å². The van der Waals surface area contributed by atoms with E-state index in [-0.39, 0.29) is 22.9 Å². The Morgan fingerprint density at radius 1 is 1.20 bits per heavy atom. The van der Waals surface area contributed by atoms with Gasteiger partial charge in [-0.2, -0.15) is 5.10 Å². The Balaban J connectivity index is 1.86. The number of carbonyl (C=O) groups excluding carboxylic acids is 1. The summed E-state index contributed by atoms with van der Waals surface area (Å²) < 4.78 is 7.12. The number of halogens is 1. The molecule has 0 spiro atoms. The molecule has 8 heteroatoms. The van der Waals surface area contributed by atoms with E-state index in [1.54, 1.807) is 49.5 Å². The lowest BCUT2D eigenvalue weighted by molar-refractivity contribution is 0.0953. The number of benzene rings is 2. The van der Waals surface area contributed by atoms with Crippen LogP contribution in [0.4, 0.5) is 11.4 Å². The highest BCUT2D eigenvalue weighted by atomic mass is 35.5. The fourth-order valence-electron chi connectivity index (χ4n) is 2.71. The van der Waals surface area contributed by atoms with Gasteiger partial charge in [0.05, 0.1) is 6.20 Å². The number of hydrogen-bond acceptors (Lipinski definition) is 5. The summed E-state index contributed by atoms with van der Waals surface area (Å²) in [7, 11) is 1.56. The highest BCUT2D eigenvalue weighted by Gasteiger charge is 2.14. The van der Waals surface area contributed by atoms with Crippen LogP contribution in [0.25, 0.3) is 0 Å². The van der Waals surface area contributed by atoms with Crippen LogP contribution in [0.2, 0.25) is 5.02 Å². The van der Waals surface area contributed by atoms with Crippen LogP contribution < -0.4 is 20.9 Å². The summed E-state index contributed by atoms with van der Waals surface area (Å²) in [5.41, 5.74) is 1.94. The Bertz CT molecular complexity index is 1110. The molecule has 0 aliphatic carbocycles. The number of carbonyl (C=O) groups is 1. The molecular formula is C22H23ClN4O3. The van der Waals surface area contributed by atoms with E-state index in [1.165, 1.54) is 10.9 Å². The van der Waals surface area contributed by atoms with Crippen molar-refractivity contribution in [1.29, 1.82) is 0 Å². The SMILES string of the molecule is CCCNC(=O)c1ccc(Nc2c(Oc3ccc(Cl)c(C)c3)cnn(C)c2=O)cc1. The number of nitrogens with zero attached hydrogens (tertiary/aromatic N) is 2. The number of hydrogen-bond donors (Lipinski definition) is 2. The van der Waals surface area contributed by atoms with Gasteiger partial charge < -0.3 is 15.4 Å². The molecule has 7 nitrogen and oxygen atoms in total. The maximum atomic E-state index is 12.7. The van der Waals surface area contributed by atoms with Crippen molar-refractivity contribution < 1.29 is 9.53 Å². The van der Waals surface area contributed by atoms with Gasteiger partial charge in [0.15, 0.2) is 11.4 Å². The second-order valence-corrected chi connectivity index (χ2v) is 7.19. The third-order valence-electron chi connectivity index (χ3n) is 4.41. The van der Waals surface area contributed by atoms with Crippen LogP contribution in [0.1, 0.15) is 29.3 Å². The summed E-state index contributed by atoms with van der Waals surface area (Å²) in [6.45, 7) is 4.49. The van der Waals surface area contributed by atoms with Crippen LogP contribution in [0.3, 0.4) is 0 Å². The molecule has 0 atom stereocenters. The number of amides is 1. The second kappa shape index (κ2) is 9.45. The van der Waals surface area contributed by atoms with E-state index < -0.39 is 0 Å². The predicted molar refractivity (Wildman–Crippen MR) is 118 cm³/mol. The Hall–Kier alpha value is -3.32. The summed E-state index contributed by atoms with van der Waals surface area (Å²) in [4.78, 5) is 24.7. The van der Waals surface area contributed by atoms with E-state index in [4.69, 9.17) is 16.3 Å². The average molecular weight is 427 g/mol. The van der Waals surface area contributed by atoms with Gasteiger partial charge in [-0.25, -0.2) is 4.68 Å². The molecule has 156 valence electrons. The maximum absolute atomic E-state index is 12.7. The minimum absolute atomic E-state index is 0.134. The number of aryl methyl sites for hydroxylation is 2. The van der Waals surface area contributed by atoms with E-state index in [0.717, 1.165) is 12.0 Å². The highest BCUT2D eigenvalue weighted by molar-refractivity contribution is 6.31. The Morgan fingerprint density at radius 2 is 1.93 bits per heavy atom. The highest BCUT2D eigenvalue weighted by Crippen LogP contribution is 2.30. The summed E-state index contributed by atoms with van der Waals surface area (Å²) in [6.07, 6.45) is 2.34. The van der Waals surface area contributed by atoms with Crippen molar-refractivity contribution >= 4 is 28.9 Å². The van der Waals surface area contributed by atoms with Crippen molar-refractivity contribution in [3.63, 3.8) is 0 Å². The normalized spacial score (nSPS) is 10.5. The third kappa shape index (κ3) is 4.99. The van der Waals surface area contributed by atoms with Crippen LogP contribution in [-0.4, -0.2) is 22.2 Å². The third-order valence-corrected chi connectivity index (χ3v) is 4.84. The number of aromatic nitrogens is 2. The minimum Gasteiger partial charge on any atom is -0.453 e. The van der Waals surface area contributed by atoms with Crippen molar-refractivity contribution in [2.24, 2.45) is 7.05 Å². The van der Waals surface area contributed by atoms with Gasteiger partial charge in [0.2, 0.25) is 0 Å². The van der Waals surface area contributed by atoms with Crippen molar-refractivity contribution in [3.05, 3.63) is 75.2 Å². The standard InChI is InChI=1S/C22H23ClN4O3/c1-4-11-24-21(28)15-5-7-16(8-6-15)26-20-19(13-25-27(3)22(20)29)30-17-9-10-18(23)14(2)12-17/h5-10,12-13,26H,4,11H2,1-3H3,(H,24,28). The summed E-state index contributed by atoms with van der Waals surface area (Å²) in [5, 5.41) is 10.6. The first-order chi connectivity index (χ1) is 14.4. The van der Waals surface area contributed by atoms with Crippen LogP contribution in [0.5, 0.6) is 11.5 Å². The van der Waals surface area contributed by atoms with Crippen LogP contribution in [0.15, 0.2) is 53.5 Å². The first-order valence-electron chi connectivity index (χ1n) is 9.54. The fourth-order valence-corrected chi connectivity index (χ4v) is 2.83. The molecule has 0 bridgehead atoms. The van der Waals surface area contributed by atoms with Gasteiger partial charge in [-0.3, -0.25) is 9.59 Å². The Kier molecular flexibility index (Phi) is 6.74. The number of nitrogens with one attached hydrogen (secondary N) is 2. The summed E-state index contributed by atoms with van der Waals surface area (Å²) in [6, 6.07) is 12.1. The lowest BCUT2D eigenvalue weighted by atomic mass is 10.2. The second-order valence-electron chi connectivity index (χ2n) is 6.78. The molecule has 3 rings (SSSR count). The predicted octanol–water partition coefficient (Wildman–Crippen LogP) is 4.42. The quantitative estimate of drug-likeness (QED) is 0.584. The van der Waals surface area contributed by atoms with Crippen LogP contribution in [0, 0.1) is 6.92 Å². The molecule has 0 radical (unpaired) electrons. The zero-order valence-corrected chi connectivity index (χ0v) is 17.8. The van der Waals surface area contributed by atoms with E-state index in [1.807, 2.05) is 13.8 Å². The van der Waals surface area contributed by atoms with Gasteiger partial charge in [0, 0.05) is 29.9 Å². The number of ether oxygens (including phenoxy) is 1. The fraction of sp³-hybridized carbons (Fsp3) is 0.227. The van der Waals surface area contributed by atoms with Gasteiger partial charge in [-0.15, -0.1) is 0 Å². The van der Waals surface area contributed by atoms with Gasteiger partial charge in [0.1, 0.15) is 5.75 Å². The first-order valence-corrected chi connectivity index (χ1v) is 9.92.